The highest BCUT2D eigenvalue weighted by Crippen LogP contribution is 2.04. The van der Waals surface area contributed by atoms with Gasteiger partial charge in [0, 0.05) is 16.6 Å². The molecule has 0 N–H and O–H groups in total. The van der Waals surface area contributed by atoms with E-state index in [1.807, 2.05) is 0 Å². The van der Waals surface area contributed by atoms with Crippen LogP contribution in [0.15, 0.2) is 11.6 Å². The molecule has 0 rings (SSSR count). The van der Waals surface area contributed by atoms with Gasteiger partial charge in [-0.05, 0) is 6.92 Å². The largest absolute Gasteiger partial charge is 0.466 e. The molecule has 0 spiro atoms. The summed E-state index contributed by atoms with van der Waals surface area (Å²) in [5, 5.41) is 0.0115. The molecule has 0 radical (unpaired) electrons. The highest BCUT2D eigenvalue weighted by atomic mass is 32.1. The van der Waals surface area contributed by atoms with Gasteiger partial charge in [-0.25, -0.2) is 4.79 Å². The third-order valence-electron chi connectivity index (χ3n) is 1.14. The predicted molar refractivity (Wildman–Crippen MR) is 52.4 cm³/mol. The lowest BCUT2D eigenvalue weighted by atomic mass is 10.2. The van der Waals surface area contributed by atoms with Gasteiger partial charge < -0.3 is 4.74 Å². The van der Waals surface area contributed by atoms with Gasteiger partial charge in [0.05, 0.1) is 7.11 Å². The van der Waals surface area contributed by atoms with Crippen LogP contribution < -0.4 is 0 Å². The fourth-order valence-electron chi connectivity index (χ4n) is 0.570. The fraction of sp³-hybridized carbons (Fsp3) is 0.571. The first-order valence-electron chi connectivity index (χ1n) is 3.17. The number of hydrogen-bond donors (Lipinski definition) is 2. The van der Waals surface area contributed by atoms with Crippen LogP contribution in [0.1, 0.15) is 6.92 Å². The third kappa shape index (κ3) is 4.37. The number of thiol groups is 2. The molecular formula is C7H12O2S2. The summed E-state index contributed by atoms with van der Waals surface area (Å²) in [5.41, 5.74) is 0.571. The standard InChI is InChI=1S/C7H12O2S2/c1-5(7(8)9-2)3-6(11)4-10/h3,6,10-11H,4H2,1-2H3. The maximum atomic E-state index is 10.8. The van der Waals surface area contributed by atoms with Gasteiger partial charge in [0.2, 0.25) is 0 Å². The lowest BCUT2D eigenvalue weighted by Crippen LogP contribution is -2.05. The Morgan fingerprint density at radius 3 is 2.64 bits per heavy atom. The van der Waals surface area contributed by atoms with Crippen molar-refractivity contribution in [1.29, 1.82) is 0 Å². The third-order valence-corrected chi connectivity index (χ3v) is 2.15. The van der Waals surface area contributed by atoms with Gasteiger partial charge >= 0.3 is 5.97 Å². The minimum Gasteiger partial charge on any atom is -0.466 e. The molecule has 0 saturated carbocycles. The number of rotatable bonds is 3. The smallest absolute Gasteiger partial charge is 0.333 e. The minimum absolute atomic E-state index is 0.0115. The van der Waals surface area contributed by atoms with Gasteiger partial charge in [-0.1, -0.05) is 6.08 Å². The quantitative estimate of drug-likeness (QED) is 0.401. The monoisotopic (exact) mass is 192 g/mol. The summed E-state index contributed by atoms with van der Waals surface area (Å²) in [6.45, 7) is 1.69. The molecule has 1 unspecified atom stereocenters. The Labute approximate surface area is 77.8 Å². The molecule has 0 aliphatic carbocycles. The van der Waals surface area contributed by atoms with Crippen molar-refractivity contribution < 1.29 is 9.53 Å². The van der Waals surface area contributed by atoms with Crippen LogP contribution in [0.2, 0.25) is 0 Å². The molecule has 0 fully saturated rings. The lowest BCUT2D eigenvalue weighted by molar-refractivity contribution is -0.136. The van der Waals surface area contributed by atoms with Crippen molar-refractivity contribution in [3.8, 4) is 0 Å². The summed E-state index contributed by atoms with van der Waals surface area (Å²) < 4.78 is 4.49. The van der Waals surface area contributed by atoms with Crippen molar-refractivity contribution >= 4 is 31.2 Å². The normalized spacial score (nSPS) is 14.4. The molecule has 2 nitrogen and oxygen atoms in total. The second-order valence-electron chi connectivity index (χ2n) is 2.09. The number of carbonyl (C=O) groups is 1. The van der Waals surface area contributed by atoms with Crippen LogP contribution >= 0.6 is 25.3 Å². The van der Waals surface area contributed by atoms with Gasteiger partial charge in [-0.3, -0.25) is 0 Å². The molecule has 64 valence electrons. The van der Waals surface area contributed by atoms with E-state index in [-0.39, 0.29) is 11.2 Å². The average Bonchev–Trinajstić information content (AvgIpc) is 2.02. The molecule has 0 aromatic heterocycles. The van der Waals surface area contributed by atoms with Crippen molar-refractivity contribution in [2.24, 2.45) is 0 Å². The van der Waals surface area contributed by atoms with Gasteiger partial charge in [-0.2, -0.15) is 25.3 Å². The molecule has 1 atom stereocenters. The van der Waals surface area contributed by atoms with E-state index in [1.54, 1.807) is 13.0 Å². The Morgan fingerprint density at radius 1 is 1.73 bits per heavy atom. The van der Waals surface area contributed by atoms with E-state index in [2.05, 4.69) is 30.0 Å². The first-order valence-corrected chi connectivity index (χ1v) is 4.32. The second kappa shape index (κ2) is 5.55. The van der Waals surface area contributed by atoms with Crippen molar-refractivity contribution in [3.63, 3.8) is 0 Å². The van der Waals surface area contributed by atoms with Crippen LogP contribution in [0.4, 0.5) is 0 Å². The van der Waals surface area contributed by atoms with Crippen LogP contribution in [0.5, 0.6) is 0 Å². The van der Waals surface area contributed by atoms with E-state index >= 15 is 0 Å². The Kier molecular flexibility index (Phi) is 5.50. The summed E-state index contributed by atoms with van der Waals surface area (Å²) in [5.74, 6) is 0.295. The summed E-state index contributed by atoms with van der Waals surface area (Å²) in [4.78, 5) is 10.8. The molecule has 0 bridgehead atoms. The molecule has 0 amide bonds. The number of hydrogen-bond acceptors (Lipinski definition) is 4. The van der Waals surface area contributed by atoms with Crippen LogP contribution in [-0.2, 0) is 9.53 Å². The molecule has 0 aliphatic rings. The van der Waals surface area contributed by atoms with E-state index in [0.717, 1.165) is 0 Å². The van der Waals surface area contributed by atoms with E-state index in [0.29, 0.717) is 11.3 Å². The van der Waals surface area contributed by atoms with Gasteiger partial charge in [0.15, 0.2) is 0 Å². The second-order valence-corrected chi connectivity index (χ2v) is 3.12. The van der Waals surface area contributed by atoms with Crippen LogP contribution in [0.25, 0.3) is 0 Å². The zero-order valence-electron chi connectivity index (χ0n) is 6.57. The zero-order chi connectivity index (χ0) is 8.85. The topological polar surface area (TPSA) is 26.3 Å². The number of ether oxygens (including phenoxy) is 1. The summed E-state index contributed by atoms with van der Waals surface area (Å²) in [6.07, 6.45) is 1.72. The van der Waals surface area contributed by atoms with Crippen molar-refractivity contribution in [1.82, 2.24) is 0 Å². The Hall–Kier alpha value is -0.0900. The van der Waals surface area contributed by atoms with Crippen LogP contribution in [0, 0.1) is 0 Å². The van der Waals surface area contributed by atoms with Crippen molar-refractivity contribution in [2.75, 3.05) is 12.9 Å². The SMILES string of the molecule is COC(=O)C(C)=CC(S)CS. The van der Waals surface area contributed by atoms with Crippen molar-refractivity contribution in [3.05, 3.63) is 11.6 Å². The Morgan fingerprint density at radius 2 is 2.27 bits per heavy atom. The van der Waals surface area contributed by atoms with Gasteiger partial charge in [-0.15, -0.1) is 0 Å². The average molecular weight is 192 g/mol. The van der Waals surface area contributed by atoms with E-state index in [4.69, 9.17) is 0 Å². The lowest BCUT2D eigenvalue weighted by Gasteiger charge is -2.02. The molecule has 4 heteroatoms. The number of esters is 1. The van der Waals surface area contributed by atoms with Crippen LogP contribution in [0.3, 0.4) is 0 Å². The summed E-state index contributed by atoms with van der Waals surface area (Å²) in [6, 6.07) is 0. The zero-order valence-corrected chi connectivity index (χ0v) is 8.36. The molecular weight excluding hydrogens is 180 g/mol. The van der Waals surface area contributed by atoms with E-state index < -0.39 is 0 Å². The highest BCUT2D eigenvalue weighted by Gasteiger charge is 2.04. The molecule has 0 aromatic carbocycles. The van der Waals surface area contributed by atoms with E-state index in [1.165, 1.54) is 7.11 Å². The van der Waals surface area contributed by atoms with E-state index in [9.17, 15) is 4.79 Å². The maximum Gasteiger partial charge on any atom is 0.333 e. The predicted octanol–water partition coefficient (Wildman–Crippen LogP) is 1.33. The van der Waals surface area contributed by atoms with Gasteiger partial charge in [0.25, 0.3) is 0 Å². The molecule has 0 saturated heterocycles. The fourth-order valence-corrected chi connectivity index (χ4v) is 0.899. The summed E-state index contributed by atoms with van der Waals surface area (Å²) in [7, 11) is 1.36. The Bertz CT molecular complexity index is 166. The summed E-state index contributed by atoms with van der Waals surface area (Å²) >= 11 is 8.16. The molecule has 0 heterocycles. The molecule has 11 heavy (non-hydrogen) atoms. The van der Waals surface area contributed by atoms with Crippen LogP contribution in [-0.4, -0.2) is 24.1 Å². The highest BCUT2D eigenvalue weighted by molar-refractivity contribution is 7.84. The molecule has 0 aliphatic heterocycles. The first kappa shape index (κ1) is 10.9. The minimum atomic E-state index is -0.314. The Balaban J connectivity index is 4.09. The first-order chi connectivity index (χ1) is 5.11. The van der Waals surface area contributed by atoms with Gasteiger partial charge in [0.1, 0.15) is 0 Å². The molecule has 0 aromatic rings. The van der Waals surface area contributed by atoms with Crippen molar-refractivity contribution in [2.45, 2.75) is 12.2 Å². The number of methoxy groups -OCH3 is 1. The maximum absolute atomic E-state index is 10.8. The number of carbonyl (C=O) groups excluding carboxylic acids is 1.